The minimum absolute atomic E-state index is 0.00948. The maximum Gasteiger partial charge on any atom is 0.143 e. The Bertz CT molecular complexity index is 3180. The Kier molecular flexibility index (Phi) is 4.08. The number of hydrogen-bond acceptors (Lipinski definition) is 1. The number of fused-ring (bicyclic) bond motifs is 3. The molecule has 0 amide bonds. The van der Waals surface area contributed by atoms with Crippen molar-refractivity contribution in [2.75, 3.05) is 0 Å². The molecule has 47 heavy (non-hydrogen) atoms. The average molecular weight is 612 g/mol. The van der Waals surface area contributed by atoms with E-state index in [1.165, 1.54) is 0 Å². The maximum atomic E-state index is 9.50. The van der Waals surface area contributed by atoms with Gasteiger partial charge in [-0.25, -0.2) is 0 Å². The van der Waals surface area contributed by atoms with Gasteiger partial charge in [0.2, 0.25) is 0 Å². The quantitative estimate of drug-likeness (QED) is 0.176. The predicted molar refractivity (Wildman–Crippen MR) is 198 cm³/mol. The largest absolute Gasteiger partial charge is 0.455 e. The summed E-state index contributed by atoms with van der Waals surface area (Å²) in [6.45, 7) is 0. The Morgan fingerprint density at radius 2 is 0.872 bits per heavy atom. The number of furan rings is 1. The van der Waals surface area contributed by atoms with E-state index in [9.17, 15) is 5.48 Å². The Balaban J connectivity index is 1.51. The highest BCUT2D eigenvalue weighted by atomic mass is 16.3. The molecule has 0 fully saturated rings. The van der Waals surface area contributed by atoms with Gasteiger partial charge in [-0.1, -0.05) is 163 Å². The van der Waals surface area contributed by atoms with Crippen molar-refractivity contribution in [1.29, 1.82) is 0 Å². The molecule has 1 aromatic heterocycles. The van der Waals surface area contributed by atoms with Gasteiger partial charge in [-0.3, -0.25) is 0 Å². The summed E-state index contributed by atoms with van der Waals surface area (Å²) >= 11 is 0. The molecule has 0 radical (unpaired) electrons. The Morgan fingerprint density at radius 3 is 1.53 bits per heavy atom. The summed E-state index contributed by atoms with van der Waals surface area (Å²) in [5.41, 5.74) is 3.68. The molecule has 0 aliphatic heterocycles. The first-order chi connectivity index (χ1) is 28.7. The third kappa shape index (κ3) is 4.64. The molecule has 1 heteroatoms. The molecule has 0 unspecified atom stereocenters. The van der Waals surface area contributed by atoms with Crippen molar-refractivity contribution < 1.29 is 22.2 Å². The molecule has 9 aromatic rings. The Labute approximate surface area is 292 Å². The van der Waals surface area contributed by atoms with Crippen LogP contribution < -0.4 is 0 Å². The molecule has 8 aromatic carbocycles. The van der Waals surface area contributed by atoms with Crippen LogP contribution in [-0.4, -0.2) is 0 Å². The predicted octanol–water partition coefficient (Wildman–Crippen LogP) is 13.1. The topological polar surface area (TPSA) is 13.1 Å². The van der Waals surface area contributed by atoms with Crippen LogP contribution in [0.2, 0.25) is 0 Å². The molecule has 1 nitrogen and oxygen atoms in total. The van der Waals surface area contributed by atoms with Crippen molar-refractivity contribution in [2.24, 2.45) is 0 Å². The standard InChI is InChI=1S/C46H30O/c1-4-15-31(16-5-1)34-21-14-22-36(29-34)46-45(41-28-27-35(30-42(41)47-46)32-17-6-2-7-18-32)44-39-25-12-10-23-37(39)43(33-19-8-3-9-20-33)38-24-11-13-26-40(38)44/h1-30H/i1D,4D,5D,10D,11D,12D,13D,15D,16D,23D,24D,25D,26D. The highest BCUT2D eigenvalue weighted by Crippen LogP contribution is 2.50. The van der Waals surface area contributed by atoms with Crippen LogP contribution in [-0.2, 0) is 0 Å². The second kappa shape index (κ2) is 11.3. The van der Waals surface area contributed by atoms with Gasteiger partial charge in [0.25, 0.3) is 0 Å². The van der Waals surface area contributed by atoms with E-state index in [0.29, 0.717) is 22.1 Å². The van der Waals surface area contributed by atoms with Gasteiger partial charge >= 0.3 is 0 Å². The Hall–Kier alpha value is -6.18. The van der Waals surface area contributed by atoms with Gasteiger partial charge in [0.15, 0.2) is 0 Å². The highest BCUT2D eigenvalue weighted by Gasteiger charge is 2.24. The zero-order valence-corrected chi connectivity index (χ0v) is 24.7. The molecule has 0 aliphatic rings. The van der Waals surface area contributed by atoms with Crippen LogP contribution >= 0.6 is 0 Å². The molecule has 0 bridgehead atoms. The van der Waals surface area contributed by atoms with E-state index < -0.39 is 78.6 Å². The van der Waals surface area contributed by atoms with E-state index in [1.54, 1.807) is 60.7 Å². The lowest BCUT2D eigenvalue weighted by atomic mass is 9.84. The van der Waals surface area contributed by atoms with Crippen molar-refractivity contribution in [3.05, 3.63) is 182 Å². The van der Waals surface area contributed by atoms with Gasteiger partial charge in [-0.15, -0.1) is 0 Å². The van der Waals surface area contributed by atoms with E-state index in [0.717, 1.165) is 11.1 Å². The van der Waals surface area contributed by atoms with Crippen LogP contribution in [0.4, 0.5) is 0 Å². The minimum atomic E-state index is -0.545. The van der Waals surface area contributed by atoms with E-state index in [2.05, 4.69) is 0 Å². The van der Waals surface area contributed by atoms with Crippen LogP contribution in [0, 0.1) is 0 Å². The SMILES string of the molecule is [2H]c1c([2H])c([2H])c(-c2cccc(-c3oc4cc(-c5ccccc5)ccc4c3-c3c4c([2H])c([2H])c([2H])c([2H])c4c(-c4ccccc4)c4c([2H])c([2H])c([2H])c([2H])c34)c2)c([2H])c1[2H]. The van der Waals surface area contributed by atoms with Crippen LogP contribution in [0.25, 0.3) is 88.3 Å². The van der Waals surface area contributed by atoms with E-state index in [1.807, 2.05) is 42.5 Å². The number of hydrogen-bond donors (Lipinski definition) is 0. The van der Waals surface area contributed by atoms with Gasteiger partial charge in [-0.2, -0.15) is 0 Å². The zero-order chi connectivity index (χ0) is 42.5. The van der Waals surface area contributed by atoms with Gasteiger partial charge in [0, 0.05) is 22.1 Å². The van der Waals surface area contributed by atoms with Crippen LogP contribution in [0.1, 0.15) is 17.8 Å². The number of benzene rings is 8. The summed E-state index contributed by atoms with van der Waals surface area (Å²) in [7, 11) is 0. The van der Waals surface area contributed by atoms with Crippen LogP contribution in [0.3, 0.4) is 0 Å². The van der Waals surface area contributed by atoms with Crippen molar-refractivity contribution in [1.82, 2.24) is 0 Å². The molecule has 0 N–H and O–H groups in total. The summed E-state index contributed by atoms with van der Waals surface area (Å²) in [5, 5.41) is 0.584. The first-order valence-corrected chi connectivity index (χ1v) is 15.0. The Morgan fingerprint density at radius 1 is 0.340 bits per heavy atom. The smallest absolute Gasteiger partial charge is 0.143 e. The monoisotopic (exact) mass is 611 g/mol. The summed E-state index contributed by atoms with van der Waals surface area (Å²) in [4.78, 5) is 0. The molecule has 0 aliphatic carbocycles. The molecule has 0 saturated heterocycles. The van der Waals surface area contributed by atoms with E-state index in [-0.39, 0.29) is 55.1 Å². The molecule has 0 spiro atoms. The summed E-state index contributed by atoms with van der Waals surface area (Å²) < 4.78 is 122. The molecule has 1 heterocycles. The van der Waals surface area contributed by atoms with Gasteiger partial charge in [-0.05, 0) is 73.1 Å². The van der Waals surface area contributed by atoms with Crippen molar-refractivity contribution in [3.63, 3.8) is 0 Å². The molecule has 0 atom stereocenters. The summed E-state index contributed by atoms with van der Waals surface area (Å²) in [6, 6.07) is 24.2. The summed E-state index contributed by atoms with van der Waals surface area (Å²) in [5.74, 6) is 0.152. The second-order valence-electron chi connectivity index (χ2n) is 11.1. The van der Waals surface area contributed by atoms with Crippen molar-refractivity contribution in [3.8, 4) is 55.8 Å². The first-order valence-electron chi connectivity index (χ1n) is 21.5. The molecular weight excluding hydrogens is 569 g/mol. The third-order valence-electron chi connectivity index (χ3n) is 8.40. The van der Waals surface area contributed by atoms with Gasteiger partial charge in [0.1, 0.15) is 11.3 Å². The van der Waals surface area contributed by atoms with Crippen molar-refractivity contribution >= 4 is 32.5 Å². The highest BCUT2D eigenvalue weighted by molar-refractivity contribution is 6.25. The van der Waals surface area contributed by atoms with Crippen LogP contribution in [0.15, 0.2) is 186 Å². The average Bonchev–Trinajstić information content (AvgIpc) is 3.65. The molecule has 9 rings (SSSR count). The van der Waals surface area contributed by atoms with Crippen molar-refractivity contribution in [2.45, 2.75) is 0 Å². The minimum Gasteiger partial charge on any atom is -0.455 e. The first kappa shape index (κ1) is 16.9. The molecule has 220 valence electrons. The lowest BCUT2D eigenvalue weighted by molar-refractivity contribution is 0.632. The van der Waals surface area contributed by atoms with Gasteiger partial charge in [0.05, 0.1) is 17.8 Å². The zero-order valence-electron chi connectivity index (χ0n) is 37.7. The third-order valence-corrected chi connectivity index (χ3v) is 8.40. The maximum absolute atomic E-state index is 9.50. The second-order valence-corrected chi connectivity index (χ2v) is 11.1. The normalized spacial score (nSPS) is 15.3. The van der Waals surface area contributed by atoms with Gasteiger partial charge < -0.3 is 4.42 Å². The lowest BCUT2D eigenvalue weighted by Gasteiger charge is -2.18. The summed E-state index contributed by atoms with van der Waals surface area (Å²) in [6.07, 6.45) is 0. The van der Waals surface area contributed by atoms with Crippen LogP contribution in [0.5, 0.6) is 0 Å². The fraction of sp³-hybridized carbons (Fsp3) is 0. The van der Waals surface area contributed by atoms with E-state index in [4.69, 9.17) is 16.8 Å². The molecular formula is C46H30O. The molecule has 0 saturated carbocycles. The fourth-order valence-electron chi connectivity index (χ4n) is 6.34. The lowest BCUT2D eigenvalue weighted by Crippen LogP contribution is -1.91. The number of rotatable bonds is 5. The van der Waals surface area contributed by atoms with E-state index >= 15 is 0 Å². The fourth-order valence-corrected chi connectivity index (χ4v) is 6.34.